The maximum absolute atomic E-state index is 9.40. The SMILES string of the molecule is CCCC=O.CCCCNc1ccc(-c2nnnn2CCN(CC)CC)cc1C.CCN(CC)CCn1nnnc1-c1ccc(N)c(C)c1. The Hall–Kier alpha value is -4.23. The van der Waals surface area contributed by atoms with Crippen LogP contribution in [0.5, 0.6) is 0 Å². The first-order valence-corrected chi connectivity index (χ1v) is 17.9. The predicted octanol–water partition coefficient (Wildman–Crippen LogP) is 5.76. The van der Waals surface area contributed by atoms with Crippen LogP contribution in [0.1, 0.15) is 78.4 Å². The molecule has 0 unspecified atom stereocenters. The van der Waals surface area contributed by atoms with E-state index in [1.807, 2.05) is 41.4 Å². The number of unbranched alkanes of at least 4 members (excludes halogenated alkanes) is 2. The quantitative estimate of drug-likeness (QED) is 0.0753. The second kappa shape index (κ2) is 23.2. The van der Waals surface area contributed by atoms with Crippen LogP contribution in [0.15, 0.2) is 36.4 Å². The molecule has 13 nitrogen and oxygen atoms in total. The molecule has 0 aliphatic rings. The molecule has 2 heterocycles. The summed E-state index contributed by atoms with van der Waals surface area (Å²) in [6.45, 7) is 25.6. The van der Waals surface area contributed by atoms with Crippen LogP contribution in [0, 0.1) is 13.8 Å². The van der Waals surface area contributed by atoms with Crippen LogP contribution in [0.4, 0.5) is 11.4 Å². The van der Waals surface area contributed by atoms with Gasteiger partial charge in [0.25, 0.3) is 0 Å². The molecule has 0 saturated heterocycles. The zero-order chi connectivity index (χ0) is 36.0. The number of aromatic nitrogens is 8. The number of likely N-dealkylation sites (N-methyl/N-ethyl adjacent to an activating group) is 2. The van der Waals surface area contributed by atoms with Crippen LogP contribution in [0.2, 0.25) is 0 Å². The van der Waals surface area contributed by atoms with Crippen molar-refractivity contribution in [2.24, 2.45) is 0 Å². The van der Waals surface area contributed by atoms with Gasteiger partial charge in [-0.05, 0) is 121 Å². The summed E-state index contributed by atoms with van der Waals surface area (Å²) < 4.78 is 3.75. The molecule has 49 heavy (non-hydrogen) atoms. The Kier molecular flexibility index (Phi) is 19.4. The lowest BCUT2D eigenvalue weighted by atomic mass is 10.1. The zero-order valence-corrected chi connectivity index (χ0v) is 31.2. The normalized spacial score (nSPS) is 10.8. The highest BCUT2D eigenvalue weighted by Gasteiger charge is 2.12. The Bertz CT molecular complexity index is 1480. The molecule has 0 atom stereocenters. The second-order valence-corrected chi connectivity index (χ2v) is 11.8. The van der Waals surface area contributed by atoms with Crippen molar-refractivity contribution in [3.63, 3.8) is 0 Å². The number of nitrogen functional groups attached to an aromatic ring is 1. The van der Waals surface area contributed by atoms with E-state index in [0.29, 0.717) is 6.42 Å². The van der Waals surface area contributed by atoms with Gasteiger partial charge in [-0.15, -0.1) is 10.2 Å². The average molecular weight is 677 g/mol. The van der Waals surface area contributed by atoms with E-state index in [4.69, 9.17) is 5.73 Å². The van der Waals surface area contributed by atoms with E-state index in [1.54, 1.807) is 0 Å². The Morgan fingerprint density at radius 1 is 0.735 bits per heavy atom. The van der Waals surface area contributed by atoms with Crippen LogP contribution in [0.3, 0.4) is 0 Å². The first kappa shape index (κ1) is 40.9. The Morgan fingerprint density at radius 2 is 1.24 bits per heavy atom. The van der Waals surface area contributed by atoms with Crippen molar-refractivity contribution in [3.8, 4) is 22.8 Å². The molecule has 0 amide bonds. The number of aryl methyl sites for hydroxylation is 2. The number of aldehydes is 1. The lowest BCUT2D eigenvalue weighted by molar-refractivity contribution is -0.107. The van der Waals surface area contributed by atoms with E-state index >= 15 is 0 Å². The van der Waals surface area contributed by atoms with Gasteiger partial charge < -0.3 is 25.6 Å². The van der Waals surface area contributed by atoms with Crippen molar-refractivity contribution in [1.82, 2.24) is 50.2 Å². The lowest BCUT2D eigenvalue weighted by Crippen LogP contribution is -2.27. The largest absolute Gasteiger partial charge is 0.399 e. The monoisotopic (exact) mass is 677 g/mol. The number of anilines is 2. The number of carbonyl (C=O) groups is 1. The van der Waals surface area contributed by atoms with Crippen molar-refractivity contribution in [2.75, 3.05) is 56.9 Å². The minimum absolute atomic E-state index is 0.708. The summed E-state index contributed by atoms with van der Waals surface area (Å²) in [4.78, 5) is 14.1. The van der Waals surface area contributed by atoms with Gasteiger partial charge in [0.15, 0.2) is 11.6 Å². The van der Waals surface area contributed by atoms with E-state index in [-0.39, 0.29) is 0 Å². The summed E-state index contributed by atoms with van der Waals surface area (Å²) in [5.74, 6) is 1.63. The van der Waals surface area contributed by atoms with E-state index in [2.05, 4.69) is 106 Å². The maximum atomic E-state index is 9.40. The fraction of sp³-hybridized carbons (Fsp3) is 0.583. The van der Waals surface area contributed by atoms with Crippen molar-refractivity contribution in [3.05, 3.63) is 47.5 Å². The molecule has 2 aromatic carbocycles. The van der Waals surface area contributed by atoms with Crippen molar-refractivity contribution in [1.29, 1.82) is 0 Å². The minimum atomic E-state index is 0.708. The number of nitrogens with two attached hydrogens (primary N) is 1. The molecule has 0 radical (unpaired) electrons. The van der Waals surface area contributed by atoms with Crippen LogP contribution in [-0.4, -0.2) is 102 Å². The number of hydrogen-bond donors (Lipinski definition) is 2. The summed E-state index contributed by atoms with van der Waals surface area (Å²) >= 11 is 0. The molecule has 4 aromatic rings. The Balaban J connectivity index is 0.000000303. The van der Waals surface area contributed by atoms with E-state index in [9.17, 15) is 4.79 Å². The fourth-order valence-electron chi connectivity index (χ4n) is 5.01. The summed E-state index contributed by atoms with van der Waals surface area (Å²) in [6.07, 6.45) is 5.00. The third kappa shape index (κ3) is 13.7. The van der Waals surface area contributed by atoms with Gasteiger partial charge in [-0.3, -0.25) is 0 Å². The predicted molar refractivity (Wildman–Crippen MR) is 200 cm³/mol. The van der Waals surface area contributed by atoms with Crippen molar-refractivity contribution in [2.45, 2.75) is 94.2 Å². The van der Waals surface area contributed by atoms with E-state index < -0.39 is 0 Å². The molecule has 3 N–H and O–H groups in total. The Labute approximate surface area is 293 Å². The molecule has 0 aliphatic carbocycles. The molecule has 13 heteroatoms. The Morgan fingerprint density at radius 3 is 1.65 bits per heavy atom. The zero-order valence-electron chi connectivity index (χ0n) is 31.2. The third-order valence-electron chi connectivity index (χ3n) is 8.37. The second-order valence-electron chi connectivity index (χ2n) is 11.8. The highest BCUT2D eigenvalue weighted by atomic mass is 16.1. The van der Waals surface area contributed by atoms with Crippen molar-refractivity contribution < 1.29 is 4.79 Å². The highest BCUT2D eigenvalue weighted by Crippen LogP contribution is 2.23. The van der Waals surface area contributed by atoms with Gasteiger partial charge in [-0.25, -0.2) is 9.36 Å². The van der Waals surface area contributed by atoms with E-state index in [1.165, 1.54) is 24.1 Å². The maximum Gasteiger partial charge on any atom is 0.182 e. The first-order valence-electron chi connectivity index (χ1n) is 17.9. The minimum Gasteiger partial charge on any atom is -0.399 e. The smallest absolute Gasteiger partial charge is 0.182 e. The molecular formula is C36H60N12O. The number of tetrazole rings is 2. The van der Waals surface area contributed by atoms with Gasteiger partial charge in [0.05, 0.1) is 13.1 Å². The molecule has 4 rings (SSSR count). The van der Waals surface area contributed by atoms with Gasteiger partial charge in [0.2, 0.25) is 0 Å². The fourth-order valence-corrected chi connectivity index (χ4v) is 5.01. The van der Waals surface area contributed by atoms with Gasteiger partial charge >= 0.3 is 0 Å². The van der Waals surface area contributed by atoms with Gasteiger partial charge in [-0.1, -0.05) is 48.0 Å². The van der Waals surface area contributed by atoms with Gasteiger partial charge in [0, 0.05) is 48.6 Å². The number of nitrogens with zero attached hydrogens (tertiary/aromatic N) is 10. The number of rotatable bonds is 18. The summed E-state index contributed by atoms with van der Waals surface area (Å²) in [7, 11) is 0. The van der Waals surface area contributed by atoms with Crippen LogP contribution in [-0.2, 0) is 17.9 Å². The first-order chi connectivity index (χ1) is 23.8. The van der Waals surface area contributed by atoms with Gasteiger partial charge in [-0.2, -0.15) is 0 Å². The van der Waals surface area contributed by atoms with Crippen LogP contribution < -0.4 is 11.1 Å². The molecule has 0 bridgehead atoms. The van der Waals surface area contributed by atoms with Gasteiger partial charge in [0.1, 0.15) is 6.29 Å². The molecule has 0 saturated carbocycles. The molecule has 270 valence electrons. The number of carbonyl (C=O) groups excluding carboxylic acids is 1. The molecular weight excluding hydrogens is 616 g/mol. The third-order valence-corrected chi connectivity index (χ3v) is 8.37. The summed E-state index contributed by atoms with van der Waals surface area (Å²) in [5, 5.41) is 27.8. The number of benzene rings is 2. The number of nitrogens with one attached hydrogen (secondary N) is 1. The summed E-state index contributed by atoms with van der Waals surface area (Å²) in [5.41, 5.74) is 12.2. The molecule has 2 aromatic heterocycles. The van der Waals surface area contributed by atoms with Crippen LogP contribution in [0.25, 0.3) is 22.8 Å². The standard InChI is InChI=1S/C18H30N6.C14H22N6.C4H8O/c1-5-8-11-19-17-10-9-16(14-15(17)4)18-20-21-22-24(18)13-12-23(6-2)7-3;1-4-19(5-2)8-9-20-14(16-17-18-20)12-6-7-13(15)11(3)10-12;1-2-3-4-5/h9-10,14,19H,5-8,11-13H2,1-4H3;6-7,10H,4-5,8-9,15H2,1-3H3;4H,2-3H2,1H3. The van der Waals surface area contributed by atoms with Crippen LogP contribution >= 0.6 is 0 Å². The average Bonchev–Trinajstić information content (AvgIpc) is 3.79. The molecule has 0 spiro atoms. The highest BCUT2D eigenvalue weighted by molar-refractivity contribution is 5.63. The number of hydrogen-bond acceptors (Lipinski definition) is 11. The van der Waals surface area contributed by atoms with Crippen molar-refractivity contribution >= 4 is 17.7 Å². The lowest BCUT2D eigenvalue weighted by Gasteiger charge is -2.18. The topological polar surface area (TPSA) is 149 Å². The molecule has 0 fully saturated rings. The molecule has 0 aliphatic heterocycles. The summed E-state index contributed by atoms with van der Waals surface area (Å²) in [6, 6.07) is 12.3. The van der Waals surface area contributed by atoms with E-state index in [0.717, 1.165) is 106 Å².